The van der Waals surface area contributed by atoms with E-state index >= 15 is 0 Å². The molecular formula is C21H20ClN5O3S. The third-order valence-electron chi connectivity index (χ3n) is 4.35. The maximum atomic E-state index is 12.4. The van der Waals surface area contributed by atoms with E-state index in [-0.39, 0.29) is 28.1 Å². The number of allylic oxidation sites excluding steroid dienone is 1. The molecule has 0 aliphatic rings. The third-order valence-corrected chi connectivity index (χ3v) is 5.65. The Bertz CT molecular complexity index is 1090. The van der Waals surface area contributed by atoms with Gasteiger partial charge in [-0.1, -0.05) is 59.8 Å². The topological polar surface area (TPSA) is 103 Å². The minimum absolute atomic E-state index is 0.0486. The molecule has 1 aromatic heterocycles. The number of hydrogen-bond donors (Lipinski definition) is 1. The second-order valence-electron chi connectivity index (χ2n) is 6.54. The summed E-state index contributed by atoms with van der Waals surface area (Å²) in [5.74, 6) is 0.507. The molecule has 1 N–H and O–H groups in total. The number of nitro groups is 1. The zero-order valence-corrected chi connectivity index (χ0v) is 18.1. The Morgan fingerprint density at radius 2 is 2.00 bits per heavy atom. The van der Waals surface area contributed by atoms with Crippen LogP contribution in [0.25, 0.3) is 0 Å². The average molecular weight is 458 g/mol. The smallest absolute Gasteiger partial charge is 0.271 e. The third kappa shape index (κ3) is 6.16. The lowest BCUT2D eigenvalue weighted by Gasteiger charge is -2.09. The lowest BCUT2D eigenvalue weighted by atomic mass is 10.1. The van der Waals surface area contributed by atoms with Crippen molar-refractivity contribution in [2.45, 2.75) is 24.5 Å². The Balaban J connectivity index is 1.63. The van der Waals surface area contributed by atoms with E-state index in [0.717, 1.165) is 12.2 Å². The molecule has 0 unspecified atom stereocenters. The second kappa shape index (κ2) is 10.7. The van der Waals surface area contributed by atoms with Crippen LogP contribution in [0, 0.1) is 10.1 Å². The Hall–Kier alpha value is -3.17. The number of hydrogen-bond acceptors (Lipinski definition) is 6. The molecule has 10 heteroatoms. The molecule has 1 amide bonds. The van der Waals surface area contributed by atoms with Gasteiger partial charge in [0.2, 0.25) is 5.91 Å². The minimum Gasteiger partial charge on any atom is -0.324 e. The first kappa shape index (κ1) is 22.5. The summed E-state index contributed by atoms with van der Waals surface area (Å²) < 4.78 is 1.92. The number of halogens is 1. The Morgan fingerprint density at radius 1 is 1.23 bits per heavy atom. The van der Waals surface area contributed by atoms with Crippen LogP contribution < -0.4 is 5.32 Å². The van der Waals surface area contributed by atoms with Gasteiger partial charge in [-0.3, -0.25) is 14.9 Å². The van der Waals surface area contributed by atoms with Crippen LogP contribution in [0.4, 0.5) is 11.4 Å². The van der Waals surface area contributed by atoms with Crippen molar-refractivity contribution in [2.24, 2.45) is 0 Å². The van der Waals surface area contributed by atoms with E-state index in [9.17, 15) is 14.9 Å². The van der Waals surface area contributed by atoms with E-state index in [2.05, 4.69) is 34.2 Å². The lowest BCUT2D eigenvalue weighted by Crippen LogP contribution is -2.15. The normalized spacial score (nSPS) is 10.6. The molecule has 1 heterocycles. The molecule has 0 saturated carbocycles. The number of amides is 1. The van der Waals surface area contributed by atoms with Gasteiger partial charge < -0.3 is 9.88 Å². The molecule has 3 rings (SSSR count). The van der Waals surface area contributed by atoms with Crippen molar-refractivity contribution >= 4 is 40.6 Å². The number of thioether (sulfide) groups is 1. The number of carbonyl (C=O) groups is 1. The van der Waals surface area contributed by atoms with E-state index in [4.69, 9.17) is 11.6 Å². The molecule has 0 atom stereocenters. The van der Waals surface area contributed by atoms with Crippen LogP contribution in [0.1, 0.15) is 11.4 Å². The molecule has 0 fully saturated rings. The highest BCUT2D eigenvalue weighted by atomic mass is 35.5. The minimum atomic E-state index is -0.546. The summed E-state index contributed by atoms with van der Waals surface area (Å²) in [4.78, 5) is 22.7. The lowest BCUT2D eigenvalue weighted by molar-refractivity contribution is -0.384. The van der Waals surface area contributed by atoms with Crippen LogP contribution >= 0.6 is 23.4 Å². The first-order valence-corrected chi connectivity index (χ1v) is 10.8. The van der Waals surface area contributed by atoms with Gasteiger partial charge in [0.05, 0.1) is 21.4 Å². The zero-order chi connectivity index (χ0) is 22.2. The van der Waals surface area contributed by atoms with Crippen molar-refractivity contribution in [1.82, 2.24) is 14.8 Å². The molecule has 8 nitrogen and oxygen atoms in total. The number of nitrogens with one attached hydrogen (secondary N) is 1. The molecule has 3 aromatic rings. The summed E-state index contributed by atoms with van der Waals surface area (Å²) in [6.45, 7) is 4.31. The van der Waals surface area contributed by atoms with E-state index in [0.29, 0.717) is 18.1 Å². The van der Waals surface area contributed by atoms with Crippen molar-refractivity contribution in [3.05, 3.63) is 87.7 Å². The van der Waals surface area contributed by atoms with Crippen LogP contribution in [-0.2, 0) is 24.2 Å². The molecule has 0 saturated heterocycles. The predicted octanol–water partition coefficient (Wildman–Crippen LogP) is 4.54. The molecule has 0 bridgehead atoms. The van der Waals surface area contributed by atoms with Crippen molar-refractivity contribution < 1.29 is 9.72 Å². The van der Waals surface area contributed by atoms with Crippen LogP contribution in [0.3, 0.4) is 0 Å². The van der Waals surface area contributed by atoms with Crippen LogP contribution in [0.5, 0.6) is 0 Å². The molecule has 0 spiro atoms. The van der Waals surface area contributed by atoms with Crippen molar-refractivity contribution in [3.8, 4) is 0 Å². The van der Waals surface area contributed by atoms with Crippen molar-refractivity contribution in [1.29, 1.82) is 0 Å². The molecular weight excluding hydrogens is 438 g/mol. The van der Waals surface area contributed by atoms with Gasteiger partial charge in [-0.05, 0) is 18.1 Å². The summed E-state index contributed by atoms with van der Waals surface area (Å²) >= 11 is 7.26. The summed E-state index contributed by atoms with van der Waals surface area (Å²) in [7, 11) is 0. The summed E-state index contributed by atoms with van der Waals surface area (Å²) in [6.07, 6.45) is 3.29. The van der Waals surface area contributed by atoms with Gasteiger partial charge in [0, 0.05) is 25.1 Å². The number of non-ortho nitro benzene ring substituents is 1. The number of carbonyl (C=O) groups excluding carboxylic acids is 1. The fraction of sp³-hybridized carbons (Fsp3) is 0.190. The molecule has 0 radical (unpaired) electrons. The maximum absolute atomic E-state index is 12.4. The Labute approximate surface area is 188 Å². The van der Waals surface area contributed by atoms with E-state index in [1.54, 1.807) is 6.08 Å². The largest absolute Gasteiger partial charge is 0.324 e. The van der Waals surface area contributed by atoms with E-state index in [1.807, 2.05) is 22.8 Å². The van der Waals surface area contributed by atoms with Crippen LogP contribution in [-0.4, -0.2) is 31.3 Å². The van der Waals surface area contributed by atoms with Crippen molar-refractivity contribution in [3.63, 3.8) is 0 Å². The van der Waals surface area contributed by atoms with Gasteiger partial charge in [0.15, 0.2) is 5.16 Å². The van der Waals surface area contributed by atoms with Crippen LogP contribution in [0.2, 0.25) is 5.02 Å². The maximum Gasteiger partial charge on any atom is 0.271 e. The first-order chi connectivity index (χ1) is 15.0. The Kier molecular flexibility index (Phi) is 7.80. The molecule has 0 aliphatic carbocycles. The van der Waals surface area contributed by atoms with Gasteiger partial charge in [0.1, 0.15) is 5.82 Å². The number of anilines is 1. The predicted molar refractivity (Wildman–Crippen MR) is 122 cm³/mol. The van der Waals surface area contributed by atoms with Gasteiger partial charge in [-0.2, -0.15) is 0 Å². The second-order valence-corrected chi connectivity index (χ2v) is 7.89. The van der Waals surface area contributed by atoms with E-state index < -0.39 is 4.92 Å². The van der Waals surface area contributed by atoms with Gasteiger partial charge in [-0.25, -0.2) is 0 Å². The average Bonchev–Trinajstić information content (AvgIpc) is 3.15. The number of nitro benzene ring substituents is 1. The summed E-state index contributed by atoms with van der Waals surface area (Å²) in [5.41, 5.74) is 1.25. The zero-order valence-electron chi connectivity index (χ0n) is 16.5. The highest BCUT2D eigenvalue weighted by Gasteiger charge is 2.16. The molecule has 2 aromatic carbocycles. The summed E-state index contributed by atoms with van der Waals surface area (Å²) in [6, 6.07) is 14.0. The van der Waals surface area contributed by atoms with Crippen molar-refractivity contribution in [2.75, 3.05) is 11.1 Å². The quantitative estimate of drug-likeness (QED) is 0.207. The fourth-order valence-corrected chi connectivity index (χ4v) is 3.79. The highest BCUT2D eigenvalue weighted by molar-refractivity contribution is 7.99. The SMILES string of the molecule is C=CCn1c(CCc2ccccc2)nnc1SCC(=O)Nc1cc([N+](=O)[O-])ccc1Cl. The monoisotopic (exact) mass is 457 g/mol. The number of benzene rings is 2. The van der Waals surface area contributed by atoms with Gasteiger partial charge in [0.25, 0.3) is 5.69 Å². The number of aromatic nitrogens is 3. The van der Waals surface area contributed by atoms with Gasteiger partial charge in [-0.15, -0.1) is 16.8 Å². The summed E-state index contributed by atoms with van der Waals surface area (Å²) in [5, 5.41) is 22.8. The molecule has 31 heavy (non-hydrogen) atoms. The van der Waals surface area contributed by atoms with Gasteiger partial charge >= 0.3 is 0 Å². The standard InChI is InChI=1S/C21H20ClN5O3S/c1-2-12-26-19(11-8-15-6-4-3-5-7-15)24-25-21(26)31-14-20(28)23-18-13-16(27(29)30)9-10-17(18)22/h2-7,9-10,13H,1,8,11-12,14H2,(H,23,28). The molecule has 0 aliphatic heterocycles. The number of aryl methyl sites for hydroxylation is 2. The van der Waals surface area contributed by atoms with E-state index in [1.165, 1.54) is 35.5 Å². The van der Waals surface area contributed by atoms with Crippen LogP contribution in [0.15, 0.2) is 66.3 Å². The number of nitrogens with zero attached hydrogens (tertiary/aromatic N) is 4. The first-order valence-electron chi connectivity index (χ1n) is 9.41. The Morgan fingerprint density at radius 3 is 2.71 bits per heavy atom. The molecule has 160 valence electrons. The fourth-order valence-electron chi connectivity index (χ4n) is 2.86. The number of rotatable bonds is 10. The highest BCUT2D eigenvalue weighted by Crippen LogP contribution is 2.27.